The van der Waals surface area contributed by atoms with Crippen LogP contribution in [0, 0.1) is 0 Å². The lowest BCUT2D eigenvalue weighted by molar-refractivity contribution is 0.0526. The maximum atomic E-state index is 11.6. The van der Waals surface area contributed by atoms with Crippen molar-refractivity contribution >= 4 is 17.6 Å². The van der Waals surface area contributed by atoms with Gasteiger partial charge in [-0.15, -0.1) is 0 Å². The van der Waals surface area contributed by atoms with Crippen molar-refractivity contribution in [2.24, 2.45) is 0 Å². The van der Waals surface area contributed by atoms with Crippen LogP contribution in [-0.2, 0) is 4.74 Å². The van der Waals surface area contributed by atoms with Crippen LogP contribution in [0.2, 0.25) is 5.15 Å². The van der Waals surface area contributed by atoms with Crippen molar-refractivity contribution in [1.82, 2.24) is 4.98 Å². The van der Waals surface area contributed by atoms with Gasteiger partial charge in [0, 0.05) is 5.56 Å². The Morgan fingerprint density at radius 2 is 1.94 bits per heavy atom. The van der Waals surface area contributed by atoms with Crippen molar-refractivity contribution in [3.8, 4) is 11.3 Å². The SMILES string of the molecule is CCOC(=O)c1ccc(-c2ccccc2)nc1Cl. The molecule has 0 atom stereocenters. The van der Waals surface area contributed by atoms with Crippen LogP contribution < -0.4 is 0 Å². The Hall–Kier alpha value is -1.87. The normalized spacial score (nSPS) is 10.1. The van der Waals surface area contributed by atoms with E-state index in [0.29, 0.717) is 6.61 Å². The van der Waals surface area contributed by atoms with Gasteiger partial charge in [-0.25, -0.2) is 9.78 Å². The highest BCUT2D eigenvalue weighted by Crippen LogP contribution is 2.22. The standard InChI is InChI=1S/C14H12ClNO2/c1-2-18-14(17)11-8-9-12(16-13(11)15)10-6-4-3-5-7-10/h3-9H,2H2,1H3. The van der Waals surface area contributed by atoms with E-state index in [9.17, 15) is 4.79 Å². The van der Waals surface area contributed by atoms with E-state index >= 15 is 0 Å². The number of pyridine rings is 1. The maximum Gasteiger partial charge on any atom is 0.341 e. The van der Waals surface area contributed by atoms with Crippen molar-refractivity contribution in [2.45, 2.75) is 6.92 Å². The van der Waals surface area contributed by atoms with Gasteiger partial charge in [-0.3, -0.25) is 0 Å². The minimum Gasteiger partial charge on any atom is -0.462 e. The van der Waals surface area contributed by atoms with Crippen molar-refractivity contribution < 1.29 is 9.53 Å². The molecule has 0 saturated heterocycles. The molecule has 0 radical (unpaired) electrons. The highest BCUT2D eigenvalue weighted by atomic mass is 35.5. The van der Waals surface area contributed by atoms with Crippen LogP contribution in [0.1, 0.15) is 17.3 Å². The first kappa shape index (κ1) is 12.6. The van der Waals surface area contributed by atoms with Crippen LogP contribution >= 0.6 is 11.6 Å². The van der Waals surface area contributed by atoms with E-state index in [0.717, 1.165) is 11.3 Å². The predicted octanol–water partition coefficient (Wildman–Crippen LogP) is 3.58. The first-order valence-corrected chi connectivity index (χ1v) is 5.99. The number of rotatable bonds is 3. The van der Waals surface area contributed by atoms with E-state index in [1.165, 1.54) is 0 Å². The summed E-state index contributed by atoms with van der Waals surface area (Å²) in [5, 5.41) is 0.162. The molecule has 18 heavy (non-hydrogen) atoms. The number of carbonyl (C=O) groups excluding carboxylic acids is 1. The van der Waals surface area contributed by atoms with Gasteiger partial charge in [-0.05, 0) is 19.1 Å². The van der Waals surface area contributed by atoms with Gasteiger partial charge in [-0.2, -0.15) is 0 Å². The van der Waals surface area contributed by atoms with E-state index < -0.39 is 5.97 Å². The summed E-state index contributed by atoms with van der Waals surface area (Å²) in [4.78, 5) is 15.8. The summed E-state index contributed by atoms with van der Waals surface area (Å²) in [6, 6.07) is 13.0. The topological polar surface area (TPSA) is 39.2 Å². The van der Waals surface area contributed by atoms with E-state index in [4.69, 9.17) is 16.3 Å². The molecular formula is C14H12ClNO2. The molecule has 4 heteroatoms. The van der Waals surface area contributed by atoms with E-state index in [1.54, 1.807) is 19.1 Å². The van der Waals surface area contributed by atoms with E-state index in [-0.39, 0.29) is 10.7 Å². The number of carbonyl (C=O) groups is 1. The quantitative estimate of drug-likeness (QED) is 0.626. The number of nitrogens with zero attached hydrogens (tertiary/aromatic N) is 1. The Bertz CT molecular complexity index is 555. The zero-order valence-corrected chi connectivity index (χ0v) is 10.6. The molecule has 2 aromatic rings. The van der Waals surface area contributed by atoms with Crippen LogP contribution in [0.5, 0.6) is 0 Å². The van der Waals surface area contributed by atoms with Crippen LogP contribution in [0.3, 0.4) is 0 Å². The zero-order chi connectivity index (χ0) is 13.0. The van der Waals surface area contributed by atoms with Gasteiger partial charge in [0.15, 0.2) is 0 Å². The summed E-state index contributed by atoms with van der Waals surface area (Å²) < 4.78 is 4.89. The highest BCUT2D eigenvalue weighted by Gasteiger charge is 2.13. The number of benzene rings is 1. The number of aromatic nitrogens is 1. The van der Waals surface area contributed by atoms with Gasteiger partial charge in [0.1, 0.15) is 5.15 Å². The molecule has 0 aliphatic heterocycles. The third kappa shape index (κ3) is 2.68. The largest absolute Gasteiger partial charge is 0.462 e. The predicted molar refractivity (Wildman–Crippen MR) is 70.6 cm³/mol. The van der Waals surface area contributed by atoms with Crippen LogP contribution in [-0.4, -0.2) is 17.6 Å². The minimum atomic E-state index is -0.449. The second kappa shape index (κ2) is 5.65. The Morgan fingerprint density at radius 3 is 2.56 bits per heavy atom. The van der Waals surface area contributed by atoms with Crippen molar-refractivity contribution in [2.75, 3.05) is 6.61 Å². The van der Waals surface area contributed by atoms with E-state index in [1.807, 2.05) is 30.3 Å². The maximum absolute atomic E-state index is 11.6. The molecule has 0 spiro atoms. The van der Waals surface area contributed by atoms with Gasteiger partial charge in [0.05, 0.1) is 17.9 Å². The van der Waals surface area contributed by atoms with Crippen LogP contribution in [0.15, 0.2) is 42.5 Å². The third-order valence-electron chi connectivity index (χ3n) is 2.41. The number of esters is 1. The van der Waals surface area contributed by atoms with Gasteiger partial charge >= 0.3 is 5.97 Å². The minimum absolute atomic E-state index is 0.162. The molecule has 1 aromatic carbocycles. The molecule has 0 fully saturated rings. The molecule has 0 N–H and O–H groups in total. The second-order valence-electron chi connectivity index (χ2n) is 3.62. The fourth-order valence-corrected chi connectivity index (χ4v) is 1.80. The molecular weight excluding hydrogens is 250 g/mol. The lowest BCUT2D eigenvalue weighted by Gasteiger charge is -2.06. The number of ether oxygens (including phenoxy) is 1. The van der Waals surface area contributed by atoms with Crippen LogP contribution in [0.25, 0.3) is 11.3 Å². The molecule has 0 bridgehead atoms. The third-order valence-corrected chi connectivity index (χ3v) is 2.70. The van der Waals surface area contributed by atoms with E-state index in [2.05, 4.69) is 4.98 Å². The lowest BCUT2D eigenvalue weighted by Crippen LogP contribution is -2.06. The molecule has 0 saturated carbocycles. The average Bonchev–Trinajstić information content (AvgIpc) is 2.40. The zero-order valence-electron chi connectivity index (χ0n) is 9.89. The lowest BCUT2D eigenvalue weighted by atomic mass is 10.1. The first-order chi connectivity index (χ1) is 8.72. The fraction of sp³-hybridized carbons (Fsp3) is 0.143. The summed E-state index contributed by atoms with van der Waals surface area (Å²) in [5.41, 5.74) is 1.97. The highest BCUT2D eigenvalue weighted by molar-refractivity contribution is 6.32. The second-order valence-corrected chi connectivity index (χ2v) is 3.98. The smallest absolute Gasteiger partial charge is 0.341 e. The molecule has 92 valence electrons. The van der Waals surface area contributed by atoms with Gasteiger partial charge in [-0.1, -0.05) is 41.9 Å². The molecule has 0 aliphatic carbocycles. The molecule has 3 nitrogen and oxygen atoms in total. The van der Waals surface area contributed by atoms with Crippen molar-refractivity contribution in [3.63, 3.8) is 0 Å². The van der Waals surface area contributed by atoms with Gasteiger partial charge in [0.25, 0.3) is 0 Å². The van der Waals surface area contributed by atoms with Crippen LogP contribution in [0.4, 0.5) is 0 Å². The number of hydrogen-bond acceptors (Lipinski definition) is 3. The summed E-state index contributed by atoms with van der Waals surface area (Å²) in [6.45, 7) is 2.06. The summed E-state index contributed by atoms with van der Waals surface area (Å²) >= 11 is 6.00. The monoisotopic (exact) mass is 261 g/mol. The Balaban J connectivity index is 2.34. The molecule has 1 heterocycles. The molecule has 0 unspecified atom stereocenters. The summed E-state index contributed by atoms with van der Waals surface area (Å²) in [6.07, 6.45) is 0. The first-order valence-electron chi connectivity index (χ1n) is 5.61. The summed E-state index contributed by atoms with van der Waals surface area (Å²) in [5.74, 6) is -0.449. The number of halogens is 1. The van der Waals surface area contributed by atoms with Gasteiger partial charge in [0.2, 0.25) is 0 Å². The Labute approximate surface area is 110 Å². The van der Waals surface area contributed by atoms with Crippen molar-refractivity contribution in [3.05, 3.63) is 53.2 Å². The summed E-state index contributed by atoms with van der Waals surface area (Å²) in [7, 11) is 0. The van der Waals surface area contributed by atoms with Crippen molar-refractivity contribution in [1.29, 1.82) is 0 Å². The number of hydrogen-bond donors (Lipinski definition) is 0. The van der Waals surface area contributed by atoms with Gasteiger partial charge < -0.3 is 4.74 Å². The molecule has 1 aromatic heterocycles. The average molecular weight is 262 g/mol. The Morgan fingerprint density at radius 1 is 1.22 bits per heavy atom. The Kier molecular flexibility index (Phi) is 3.95. The molecule has 2 rings (SSSR count). The fourth-order valence-electron chi connectivity index (χ4n) is 1.57. The molecule has 0 amide bonds. The molecule has 0 aliphatic rings.